The third-order valence-corrected chi connectivity index (χ3v) is 4.87. The van der Waals surface area contributed by atoms with Crippen LogP contribution in [0.3, 0.4) is 0 Å². The van der Waals surface area contributed by atoms with Gasteiger partial charge >= 0.3 is 0 Å². The minimum Gasteiger partial charge on any atom is -0.344 e. The molecule has 1 N–H and O–H groups in total. The maximum Gasteiger partial charge on any atom is 0.249 e. The Labute approximate surface area is 148 Å². The van der Waals surface area contributed by atoms with Crippen molar-refractivity contribution in [3.63, 3.8) is 0 Å². The molecule has 2 aromatic rings. The first-order chi connectivity index (χ1) is 12.1. The summed E-state index contributed by atoms with van der Waals surface area (Å²) in [6, 6.07) is 3.44. The van der Waals surface area contributed by atoms with Crippen LogP contribution in [0.1, 0.15) is 64.3 Å². The van der Waals surface area contributed by atoms with Crippen molar-refractivity contribution in [2.75, 3.05) is 0 Å². The summed E-state index contributed by atoms with van der Waals surface area (Å²) in [5.74, 6) is 1.88. The van der Waals surface area contributed by atoms with E-state index in [1.54, 1.807) is 12.4 Å². The van der Waals surface area contributed by atoms with Crippen LogP contribution in [-0.2, 0) is 4.79 Å². The summed E-state index contributed by atoms with van der Waals surface area (Å²) >= 11 is 0. The van der Waals surface area contributed by atoms with Crippen LogP contribution in [0.4, 0.5) is 0 Å². The average Bonchev–Trinajstić information content (AvgIpc) is 3.30. The lowest BCUT2D eigenvalue weighted by atomic mass is 10.0. The first-order valence-corrected chi connectivity index (χ1v) is 9.17. The van der Waals surface area contributed by atoms with Crippen LogP contribution >= 0.6 is 0 Å². The number of aromatic nitrogens is 3. The van der Waals surface area contributed by atoms with Crippen molar-refractivity contribution < 1.29 is 9.32 Å². The van der Waals surface area contributed by atoms with E-state index in [0.717, 1.165) is 12.0 Å². The molecule has 3 rings (SSSR count). The molecule has 2 heterocycles. The number of carbonyl (C=O) groups excluding carboxylic acids is 1. The fourth-order valence-corrected chi connectivity index (χ4v) is 3.37. The maximum absolute atomic E-state index is 12.4. The molecule has 1 unspecified atom stereocenters. The van der Waals surface area contributed by atoms with Gasteiger partial charge in [-0.2, -0.15) is 4.98 Å². The Hall–Kier alpha value is -2.24. The van der Waals surface area contributed by atoms with Gasteiger partial charge in [-0.15, -0.1) is 0 Å². The molecule has 1 saturated carbocycles. The molecule has 6 heteroatoms. The van der Waals surface area contributed by atoms with Crippen molar-refractivity contribution >= 4 is 5.91 Å². The number of nitrogens with one attached hydrogen (secondary N) is 1. The van der Waals surface area contributed by atoms with Crippen LogP contribution in [0, 0.1) is 11.8 Å². The maximum atomic E-state index is 12.4. The number of rotatable bonds is 7. The number of carbonyl (C=O) groups is 1. The molecule has 1 fully saturated rings. The van der Waals surface area contributed by atoms with Gasteiger partial charge in [-0.25, -0.2) is 0 Å². The van der Waals surface area contributed by atoms with Crippen molar-refractivity contribution in [2.45, 2.75) is 58.4 Å². The minimum atomic E-state index is -0.269. The number of hydrogen-bond acceptors (Lipinski definition) is 5. The highest BCUT2D eigenvalue weighted by molar-refractivity contribution is 5.76. The van der Waals surface area contributed by atoms with Crippen molar-refractivity contribution in [3.8, 4) is 11.4 Å². The van der Waals surface area contributed by atoms with Gasteiger partial charge in [0.05, 0.1) is 0 Å². The number of hydrogen-bond donors (Lipinski definition) is 1. The van der Waals surface area contributed by atoms with E-state index < -0.39 is 0 Å². The Morgan fingerprint density at radius 2 is 2.16 bits per heavy atom. The zero-order valence-corrected chi connectivity index (χ0v) is 14.9. The van der Waals surface area contributed by atoms with Crippen molar-refractivity contribution in [1.82, 2.24) is 20.4 Å². The van der Waals surface area contributed by atoms with Gasteiger partial charge in [0.1, 0.15) is 6.04 Å². The summed E-state index contributed by atoms with van der Waals surface area (Å²) in [5, 5.41) is 7.10. The molecule has 134 valence electrons. The summed E-state index contributed by atoms with van der Waals surface area (Å²) in [6.07, 6.45) is 10.1. The van der Waals surface area contributed by atoms with Gasteiger partial charge < -0.3 is 9.84 Å². The largest absolute Gasteiger partial charge is 0.344 e. The van der Waals surface area contributed by atoms with Gasteiger partial charge in [0.2, 0.25) is 17.6 Å². The number of pyridine rings is 1. The van der Waals surface area contributed by atoms with Crippen LogP contribution in [0.15, 0.2) is 29.0 Å². The smallest absolute Gasteiger partial charge is 0.249 e. The highest BCUT2D eigenvalue weighted by atomic mass is 16.5. The highest BCUT2D eigenvalue weighted by Gasteiger charge is 2.25. The predicted octanol–water partition coefficient (Wildman–Crippen LogP) is 3.92. The second-order valence-electron chi connectivity index (χ2n) is 7.18. The molecule has 1 amide bonds. The summed E-state index contributed by atoms with van der Waals surface area (Å²) < 4.78 is 5.42. The normalized spacial score (nSPS) is 16.3. The van der Waals surface area contributed by atoms with Gasteiger partial charge in [0.25, 0.3) is 0 Å². The third-order valence-electron chi connectivity index (χ3n) is 4.87. The summed E-state index contributed by atoms with van der Waals surface area (Å²) in [4.78, 5) is 20.9. The lowest BCUT2D eigenvalue weighted by molar-refractivity contribution is -0.122. The molecule has 0 spiro atoms. The molecule has 1 aliphatic carbocycles. The third kappa shape index (κ3) is 4.65. The van der Waals surface area contributed by atoms with Crippen LogP contribution in [-0.4, -0.2) is 21.0 Å². The summed E-state index contributed by atoms with van der Waals surface area (Å²) in [6.45, 7) is 4.08. The van der Waals surface area contributed by atoms with E-state index >= 15 is 0 Å². The van der Waals surface area contributed by atoms with Gasteiger partial charge in [0, 0.05) is 24.4 Å². The van der Waals surface area contributed by atoms with Gasteiger partial charge in [-0.1, -0.05) is 44.7 Å². The molecular formula is C19H26N4O2. The van der Waals surface area contributed by atoms with Gasteiger partial charge in [-0.05, 0) is 30.4 Å². The fraction of sp³-hybridized carbons (Fsp3) is 0.579. The number of nitrogens with zero attached hydrogens (tertiary/aromatic N) is 3. The van der Waals surface area contributed by atoms with E-state index in [-0.39, 0.29) is 17.9 Å². The SMILES string of the molecule is CC(C)C(NC(=O)CCC1CCCC1)c1nc(-c2cccnc2)no1. The topological polar surface area (TPSA) is 80.9 Å². The predicted molar refractivity (Wildman–Crippen MR) is 94.4 cm³/mol. The number of amides is 1. The molecule has 1 aliphatic rings. The first-order valence-electron chi connectivity index (χ1n) is 9.17. The molecule has 2 aromatic heterocycles. The van der Waals surface area contributed by atoms with E-state index in [4.69, 9.17) is 4.52 Å². The Morgan fingerprint density at radius 1 is 1.36 bits per heavy atom. The average molecular weight is 342 g/mol. The summed E-state index contributed by atoms with van der Waals surface area (Å²) in [5.41, 5.74) is 0.799. The molecule has 0 saturated heterocycles. The van der Waals surface area contributed by atoms with E-state index in [1.807, 2.05) is 26.0 Å². The minimum absolute atomic E-state index is 0.0618. The highest BCUT2D eigenvalue weighted by Crippen LogP contribution is 2.29. The van der Waals surface area contributed by atoms with Crippen molar-refractivity contribution in [3.05, 3.63) is 30.4 Å². The second kappa shape index (κ2) is 8.23. The summed E-state index contributed by atoms with van der Waals surface area (Å²) in [7, 11) is 0. The first kappa shape index (κ1) is 17.6. The Balaban J connectivity index is 1.62. The van der Waals surface area contributed by atoms with E-state index in [1.165, 1.54) is 25.7 Å². The Bertz CT molecular complexity index is 678. The molecule has 1 atom stereocenters. The fourth-order valence-electron chi connectivity index (χ4n) is 3.37. The van der Waals surface area contributed by atoms with Crippen molar-refractivity contribution in [1.29, 1.82) is 0 Å². The Kier molecular flexibility index (Phi) is 5.79. The van der Waals surface area contributed by atoms with Crippen LogP contribution in [0.5, 0.6) is 0 Å². The molecule has 0 aliphatic heterocycles. The van der Waals surface area contributed by atoms with Crippen LogP contribution in [0.2, 0.25) is 0 Å². The Morgan fingerprint density at radius 3 is 2.84 bits per heavy atom. The lowest BCUT2D eigenvalue weighted by Gasteiger charge is -2.19. The standard InChI is InChI=1S/C19H26N4O2/c1-13(2)17(21-16(24)10-9-14-6-3-4-7-14)19-22-18(23-25-19)15-8-5-11-20-12-15/h5,8,11-14,17H,3-4,6-7,9-10H2,1-2H3,(H,21,24). The monoisotopic (exact) mass is 342 g/mol. The molecule has 6 nitrogen and oxygen atoms in total. The van der Waals surface area contributed by atoms with Gasteiger partial charge in [0.15, 0.2) is 0 Å². The molecule has 0 bridgehead atoms. The molecule has 0 radical (unpaired) electrons. The van der Waals surface area contributed by atoms with Crippen LogP contribution < -0.4 is 5.32 Å². The van der Waals surface area contributed by atoms with Crippen molar-refractivity contribution in [2.24, 2.45) is 11.8 Å². The zero-order chi connectivity index (χ0) is 17.6. The lowest BCUT2D eigenvalue weighted by Crippen LogP contribution is -2.32. The molecule has 25 heavy (non-hydrogen) atoms. The molecule has 0 aromatic carbocycles. The zero-order valence-electron chi connectivity index (χ0n) is 14.9. The van der Waals surface area contributed by atoms with E-state index in [9.17, 15) is 4.79 Å². The van der Waals surface area contributed by atoms with E-state index in [2.05, 4.69) is 20.4 Å². The molecular weight excluding hydrogens is 316 g/mol. The van der Waals surface area contributed by atoms with Crippen LogP contribution in [0.25, 0.3) is 11.4 Å². The second-order valence-corrected chi connectivity index (χ2v) is 7.18. The quantitative estimate of drug-likeness (QED) is 0.825. The van der Waals surface area contributed by atoms with E-state index in [0.29, 0.717) is 24.1 Å². The van der Waals surface area contributed by atoms with Gasteiger partial charge in [-0.3, -0.25) is 9.78 Å².